The number of carbonyl (C=O) groups is 1. The van der Waals surface area contributed by atoms with Crippen molar-refractivity contribution < 1.29 is 16.4 Å². The van der Waals surface area contributed by atoms with Gasteiger partial charge < -0.3 is 19.5 Å². The van der Waals surface area contributed by atoms with Crippen LogP contribution in [-0.2, 0) is 24.8 Å². The monoisotopic (exact) mass is 408 g/mol. The Morgan fingerprint density at radius 3 is 2.93 bits per heavy atom. The van der Waals surface area contributed by atoms with Crippen molar-refractivity contribution in [1.29, 1.82) is 0 Å². The molecule has 5 heteroatoms. The molecule has 0 radical (unpaired) electrons. The highest BCUT2D eigenvalue weighted by Crippen LogP contribution is 2.44. The summed E-state index contributed by atoms with van der Waals surface area (Å²) in [6, 6.07) is 4.92. The summed E-state index contributed by atoms with van der Waals surface area (Å²) >= 11 is 0. The summed E-state index contributed by atoms with van der Waals surface area (Å²) in [5.74, 6) is 0.635. The van der Waals surface area contributed by atoms with Gasteiger partial charge in [-0.2, -0.15) is 0 Å². The van der Waals surface area contributed by atoms with Crippen molar-refractivity contribution >= 4 is 17.0 Å². The van der Waals surface area contributed by atoms with Gasteiger partial charge in [-0.05, 0) is 48.6 Å². The molecule has 30 heavy (non-hydrogen) atoms. The van der Waals surface area contributed by atoms with Gasteiger partial charge in [-0.1, -0.05) is 42.3 Å². The zero-order valence-corrected chi connectivity index (χ0v) is 17.3. The van der Waals surface area contributed by atoms with Gasteiger partial charge in [0, 0.05) is 49.2 Å². The third-order valence-corrected chi connectivity index (χ3v) is 6.55. The van der Waals surface area contributed by atoms with Gasteiger partial charge in [0.2, 0.25) is 0 Å². The number of amides is 1. The maximum Gasteiger partial charge on any atom is 0.407 e. The van der Waals surface area contributed by atoms with Gasteiger partial charge in [0.05, 0.1) is 6.85 Å². The van der Waals surface area contributed by atoms with Gasteiger partial charge in [-0.15, -0.1) is 0 Å². The van der Waals surface area contributed by atoms with Crippen LogP contribution in [0.4, 0.5) is 4.79 Å². The molecule has 0 bridgehead atoms. The molecule has 1 N–H and O–H groups in total. The Bertz CT molecular complexity index is 1300. The normalized spacial score (nSPS) is 25.5. The van der Waals surface area contributed by atoms with E-state index in [2.05, 4.69) is 53.3 Å². The molecule has 1 saturated heterocycles. The van der Waals surface area contributed by atoms with Crippen LogP contribution in [0.1, 0.15) is 35.9 Å². The van der Waals surface area contributed by atoms with Gasteiger partial charge in [-0.25, -0.2) is 4.79 Å². The predicted octanol–water partition coefficient (Wildman–Crippen LogP) is 4.06. The zero-order valence-electron chi connectivity index (χ0n) is 22.3. The molecule has 2 aliphatic rings. The number of hydrogen-bond acceptors (Lipinski definition) is 3. The average Bonchev–Trinajstić information content (AvgIpc) is 3.17. The zero-order chi connectivity index (χ0) is 25.0. The lowest BCUT2D eigenvalue weighted by Gasteiger charge is -2.45. The van der Waals surface area contributed by atoms with Crippen LogP contribution >= 0.6 is 0 Å². The third-order valence-electron chi connectivity index (χ3n) is 6.55. The van der Waals surface area contributed by atoms with Crippen molar-refractivity contribution in [3.05, 3.63) is 71.3 Å². The molecule has 1 fully saturated rings. The van der Waals surface area contributed by atoms with Crippen molar-refractivity contribution in [2.75, 3.05) is 20.1 Å². The summed E-state index contributed by atoms with van der Waals surface area (Å²) in [6.45, 7) is 0.933. The number of piperidine rings is 1. The second-order valence-corrected chi connectivity index (χ2v) is 8.49. The second kappa shape index (κ2) is 7.80. The molecule has 1 aliphatic heterocycles. The van der Waals surface area contributed by atoms with E-state index in [9.17, 15) is 4.79 Å². The predicted molar refractivity (Wildman–Crippen MR) is 119 cm³/mol. The fourth-order valence-corrected chi connectivity index (χ4v) is 5.24. The van der Waals surface area contributed by atoms with E-state index in [0.29, 0.717) is 18.5 Å². The Labute approximate surface area is 184 Å². The smallest absolute Gasteiger partial charge is 0.407 e. The summed E-state index contributed by atoms with van der Waals surface area (Å²) in [5, 5.41) is 4.19. The van der Waals surface area contributed by atoms with E-state index in [1.54, 1.807) is 0 Å². The number of alkyl carbamates (subject to hydrolysis) is 1. The Morgan fingerprint density at radius 1 is 1.27 bits per heavy atom. The molecular formula is C25H29N3O2. The van der Waals surface area contributed by atoms with E-state index in [4.69, 9.17) is 11.6 Å². The van der Waals surface area contributed by atoms with Crippen LogP contribution in [0.2, 0.25) is 0 Å². The summed E-state index contributed by atoms with van der Waals surface area (Å²) in [6.07, 6.45) is 3.58. The first-order valence-electron chi connectivity index (χ1n) is 12.9. The molecule has 1 amide bonds. The lowest BCUT2D eigenvalue weighted by Crippen LogP contribution is -2.50. The standard InChI is InChI=1S/C25H29N3O2/c1-27-14-18(13-26-25(29)30-16-17-7-4-3-5-8-17)11-21-20-9-6-10-22-24(20)19(12-23(21)27)15-28(22)2/h3-10,15,18,21,23H,11-14,16H2,1-2H3,(H,26,29)/t18-,21+,23+/m0/s1/i3D,4D,5D,7D,8D. The van der Waals surface area contributed by atoms with Crippen LogP contribution in [0.15, 0.2) is 54.6 Å². The van der Waals surface area contributed by atoms with Gasteiger partial charge >= 0.3 is 6.09 Å². The molecule has 0 saturated carbocycles. The summed E-state index contributed by atoms with van der Waals surface area (Å²) in [7, 11) is 4.24. The largest absolute Gasteiger partial charge is 0.445 e. The molecule has 1 aromatic heterocycles. The molecule has 5 nitrogen and oxygen atoms in total. The van der Waals surface area contributed by atoms with E-state index in [0.717, 1.165) is 19.4 Å². The number of hydrogen-bond donors (Lipinski definition) is 1. The lowest BCUT2D eigenvalue weighted by atomic mass is 9.72. The minimum atomic E-state index is -0.655. The van der Waals surface area contributed by atoms with Crippen LogP contribution in [-0.4, -0.2) is 41.7 Å². The molecule has 2 aromatic carbocycles. The molecule has 3 aromatic rings. The Balaban J connectivity index is 1.24. The van der Waals surface area contributed by atoms with Crippen LogP contribution in [0.25, 0.3) is 10.9 Å². The summed E-state index contributed by atoms with van der Waals surface area (Å²) in [4.78, 5) is 14.8. The number of nitrogens with one attached hydrogen (secondary N) is 1. The minimum absolute atomic E-state index is 0.0274. The highest BCUT2D eigenvalue weighted by molar-refractivity contribution is 5.89. The van der Waals surface area contributed by atoms with Crippen molar-refractivity contribution in [2.24, 2.45) is 13.0 Å². The van der Waals surface area contributed by atoms with Gasteiger partial charge in [0.1, 0.15) is 6.61 Å². The fraction of sp³-hybridized carbons (Fsp3) is 0.400. The van der Waals surface area contributed by atoms with E-state index in [1.165, 1.54) is 22.0 Å². The highest BCUT2D eigenvalue weighted by Gasteiger charge is 2.39. The summed E-state index contributed by atoms with van der Waals surface area (Å²) in [5.41, 5.74) is 4.02. The van der Waals surface area contributed by atoms with Crippen LogP contribution in [0.5, 0.6) is 0 Å². The quantitative estimate of drug-likeness (QED) is 0.708. The fourth-order valence-electron chi connectivity index (χ4n) is 5.24. The first-order chi connectivity index (χ1) is 16.7. The molecule has 3 atom stereocenters. The number of ether oxygens (including phenoxy) is 1. The van der Waals surface area contributed by atoms with E-state index < -0.39 is 24.2 Å². The number of aromatic nitrogens is 1. The molecule has 156 valence electrons. The molecule has 5 rings (SSSR count). The molecule has 2 heterocycles. The molecule has 0 unspecified atom stereocenters. The number of benzene rings is 2. The van der Waals surface area contributed by atoms with Crippen LogP contribution in [0, 0.1) is 5.92 Å². The van der Waals surface area contributed by atoms with Gasteiger partial charge in [0.15, 0.2) is 0 Å². The Kier molecular flexibility index (Phi) is 3.71. The maximum absolute atomic E-state index is 12.4. The van der Waals surface area contributed by atoms with Crippen molar-refractivity contribution in [3.8, 4) is 0 Å². The highest BCUT2D eigenvalue weighted by atomic mass is 16.5. The topological polar surface area (TPSA) is 46.5 Å². The van der Waals surface area contributed by atoms with E-state index in [1.807, 2.05) is 0 Å². The van der Waals surface area contributed by atoms with Gasteiger partial charge in [-0.3, -0.25) is 0 Å². The summed E-state index contributed by atoms with van der Waals surface area (Å²) < 4.78 is 46.5. The lowest BCUT2D eigenvalue weighted by molar-refractivity contribution is 0.104. The number of rotatable bonds is 4. The number of nitrogens with zero attached hydrogens (tertiary/aromatic N) is 2. The number of aryl methyl sites for hydroxylation is 1. The van der Waals surface area contributed by atoms with E-state index >= 15 is 0 Å². The molecule has 1 aliphatic carbocycles. The van der Waals surface area contributed by atoms with Crippen molar-refractivity contribution in [1.82, 2.24) is 14.8 Å². The average molecular weight is 409 g/mol. The number of fused-ring (bicyclic) bond motifs is 2. The molecule has 0 spiro atoms. The number of carbonyl (C=O) groups excluding carboxylic acids is 1. The van der Waals surface area contributed by atoms with Crippen molar-refractivity contribution in [2.45, 2.75) is 31.4 Å². The Hall–Kier alpha value is -2.79. The first kappa shape index (κ1) is 14.3. The Morgan fingerprint density at radius 2 is 2.10 bits per heavy atom. The van der Waals surface area contributed by atoms with E-state index in [-0.39, 0.29) is 30.2 Å². The maximum atomic E-state index is 12.4. The van der Waals surface area contributed by atoms with Crippen LogP contribution in [0.3, 0.4) is 0 Å². The molecular weight excluding hydrogens is 374 g/mol. The number of likely N-dealkylation sites (N-methyl/N-ethyl adjacent to an activating group) is 1. The minimum Gasteiger partial charge on any atom is -0.445 e. The first-order valence-corrected chi connectivity index (χ1v) is 10.4. The second-order valence-electron chi connectivity index (χ2n) is 8.49. The SMILES string of the molecule is [2H]c1c([2H])c([2H])c(COC(=O)NC[C@@H]2C[C@@H]3c4cccc5c4c(cn5C)C[C@H]3N(C)C2)c([2H])c1[2H]. The van der Waals surface area contributed by atoms with Crippen molar-refractivity contribution in [3.63, 3.8) is 0 Å². The van der Waals surface area contributed by atoms with Crippen LogP contribution < -0.4 is 5.32 Å². The third kappa shape index (κ3) is 3.47. The number of likely N-dealkylation sites (tertiary alicyclic amines) is 1. The van der Waals surface area contributed by atoms with Gasteiger partial charge in [0.25, 0.3) is 0 Å².